The number of para-hydroxylation sites is 1. The Bertz CT molecular complexity index is 650. The van der Waals surface area contributed by atoms with Crippen LogP contribution in [0.25, 0.3) is 0 Å². The molecule has 20 heavy (non-hydrogen) atoms. The number of ether oxygens (including phenoxy) is 1. The Kier molecular flexibility index (Phi) is 4.15. The first-order valence-electron chi connectivity index (χ1n) is 6.17. The standard InChI is InChI=1S/C16H15NO3/c1-11(18)14-8-3-4-9-15(14)17-16(19)12-6-5-7-13(10-12)20-2/h3-10H,1-2H3,(H,17,19). The summed E-state index contributed by atoms with van der Waals surface area (Å²) in [5, 5.41) is 2.74. The minimum absolute atomic E-state index is 0.0912. The summed E-state index contributed by atoms with van der Waals surface area (Å²) in [5.41, 5.74) is 1.47. The van der Waals surface area contributed by atoms with Crippen molar-refractivity contribution in [2.45, 2.75) is 6.92 Å². The number of benzene rings is 2. The molecule has 0 saturated carbocycles. The Labute approximate surface area is 117 Å². The molecule has 0 aliphatic heterocycles. The van der Waals surface area contributed by atoms with E-state index in [2.05, 4.69) is 5.32 Å². The molecule has 102 valence electrons. The van der Waals surface area contributed by atoms with Gasteiger partial charge in [-0.1, -0.05) is 18.2 Å². The van der Waals surface area contributed by atoms with Gasteiger partial charge in [0, 0.05) is 11.1 Å². The molecule has 0 saturated heterocycles. The van der Waals surface area contributed by atoms with Crippen molar-refractivity contribution in [3.05, 3.63) is 59.7 Å². The van der Waals surface area contributed by atoms with E-state index < -0.39 is 0 Å². The summed E-state index contributed by atoms with van der Waals surface area (Å²) < 4.78 is 5.08. The quantitative estimate of drug-likeness (QED) is 0.867. The molecule has 4 heteroatoms. The highest BCUT2D eigenvalue weighted by Gasteiger charge is 2.11. The number of carbonyl (C=O) groups excluding carboxylic acids is 2. The number of anilines is 1. The van der Waals surface area contributed by atoms with E-state index >= 15 is 0 Å². The number of rotatable bonds is 4. The van der Waals surface area contributed by atoms with Gasteiger partial charge in [-0.05, 0) is 37.3 Å². The molecule has 0 bridgehead atoms. The molecule has 2 rings (SSSR count). The van der Waals surface area contributed by atoms with E-state index in [0.29, 0.717) is 22.6 Å². The van der Waals surface area contributed by atoms with Crippen LogP contribution >= 0.6 is 0 Å². The Morgan fingerprint density at radius 1 is 1.05 bits per heavy atom. The second-order valence-corrected chi connectivity index (χ2v) is 4.29. The molecule has 1 amide bonds. The lowest BCUT2D eigenvalue weighted by atomic mass is 10.1. The molecular weight excluding hydrogens is 254 g/mol. The highest BCUT2D eigenvalue weighted by Crippen LogP contribution is 2.18. The van der Waals surface area contributed by atoms with Gasteiger partial charge in [0.1, 0.15) is 5.75 Å². The van der Waals surface area contributed by atoms with Crippen LogP contribution in [0.3, 0.4) is 0 Å². The Hall–Kier alpha value is -2.62. The number of hydrogen-bond acceptors (Lipinski definition) is 3. The Morgan fingerprint density at radius 2 is 1.80 bits per heavy atom. The molecule has 0 aliphatic rings. The van der Waals surface area contributed by atoms with Crippen molar-refractivity contribution in [2.75, 3.05) is 12.4 Å². The zero-order valence-electron chi connectivity index (χ0n) is 11.3. The molecule has 0 heterocycles. The zero-order valence-corrected chi connectivity index (χ0v) is 11.3. The number of methoxy groups -OCH3 is 1. The van der Waals surface area contributed by atoms with Gasteiger partial charge in [0.15, 0.2) is 5.78 Å². The number of nitrogens with one attached hydrogen (secondary N) is 1. The predicted octanol–water partition coefficient (Wildman–Crippen LogP) is 3.15. The lowest BCUT2D eigenvalue weighted by Gasteiger charge is -2.09. The number of carbonyl (C=O) groups is 2. The first kappa shape index (κ1) is 13.8. The van der Waals surface area contributed by atoms with Crippen molar-refractivity contribution in [3.8, 4) is 5.75 Å². The van der Waals surface area contributed by atoms with Crippen LogP contribution in [0.4, 0.5) is 5.69 Å². The molecule has 0 fully saturated rings. The topological polar surface area (TPSA) is 55.4 Å². The van der Waals surface area contributed by atoms with Crippen LogP contribution in [0.2, 0.25) is 0 Å². The summed E-state index contributed by atoms with van der Waals surface area (Å²) in [7, 11) is 1.54. The second-order valence-electron chi connectivity index (χ2n) is 4.29. The minimum atomic E-state index is -0.280. The maximum absolute atomic E-state index is 12.2. The normalized spacial score (nSPS) is 9.90. The van der Waals surface area contributed by atoms with Gasteiger partial charge >= 0.3 is 0 Å². The largest absolute Gasteiger partial charge is 0.497 e. The van der Waals surface area contributed by atoms with E-state index in [1.54, 1.807) is 55.6 Å². The van der Waals surface area contributed by atoms with Gasteiger partial charge in [-0.25, -0.2) is 0 Å². The lowest BCUT2D eigenvalue weighted by molar-refractivity contribution is 0.101. The first-order valence-corrected chi connectivity index (χ1v) is 6.17. The third kappa shape index (κ3) is 3.03. The third-order valence-corrected chi connectivity index (χ3v) is 2.89. The summed E-state index contributed by atoms with van der Waals surface area (Å²) in [6.07, 6.45) is 0. The van der Waals surface area contributed by atoms with Crippen molar-refractivity contribution in [1.29, 1.82) is 0 Å². The molecule has 0 aromatic heterocycles. The zero-order chi connectivity index (χ0) is 14.5. The van der Waals surface area contributed by atoms with Gasteiger partial charge < -0.3 is 10.1 Å². The smallest absolute Gasteiger partial charge is 0.255 e. The number of ketones is 1. The van der Waals surface area contributed by atoms with E-state index in [1.165, 1.54) is 6.92 Å². The fourth-order valence-electron chi connectivity index (χ4n) is 1.86. The van der Waals surface area contributed by atoms with Gasteiger partial charge in [-0.3, -0.25) is 9.59 Å². The molecular formula is C16H15NO3. The van der Waals surface area contributed by atoms with Gasteiger partial charge in [-0.15, -0.1) is 0 Å². The summed E-state index contributed by atoms with van der Waals surface area (Å²) in [6, 6.07) is 13.8. The summed E-state index contributed by atoms with van der Waals surface area (Å²) in [6.45, 7) is 1.47. The molecule has 0 aliphatic carbocycles. The molecule has 0 atom stereocenters. The maximum atomic E-state index is 12.2. The van der Waals surface area contributed by atoms with Gasteiger partial charge in [0.25, 0.3) is 5.91 Å². The SMILES string of the molecule is COc1cccc(C(=O)Nc2ccccc2C(C)=O)c1. The molecule has 1 N–H and O–H groups in total. The summed E-state index contributed by atoms with van der Waals surface area (Å²) in [5.74, 6) is 0.238. The Balaban J connectivity index is 2.25. The van der Waals surface area contributed by atoms with Crippen LogP contribution < -0.4 is 10.1 Å². The lowest BCUT2D eigenvalue weighted by Crippen LogP contribution is -2.14. The van der Waals surface area contributed by atoms with Crippen molar-refractivity contribution in [1.82, 2.24) is 0 Å². The third-order valence-electron chi connectivity index (χ3n) is 2.89. The van der Waals surface area contributed by atoms with Crippen molar-refractivity contribution < 1.29 is 14.3 Å². The van der Waals surface area contributed by atoms with E-state index in [9.17, 15) is 9.59 Å². The fourth-order valence-corrected chi connectivity index (χ4v) is 1.86. The van der Waals surface area contributed by atoms with Crippen LogP contribution in [-0.2, 0) is 0 Å². The monoisotopic (exact) mass is 269 g/mol. The van der Waals surface area contributed by atoms with Crippen LogP contribution in [0.5, 0.6) is 5.75 Å². The van der Waals surface area contributed by atoms with Crippen LogP contribution in [0.15, 0.2) is 48.5 Å². The van der Waals surface area contributed by atoms with Crippen LogP contribution in [0, 0.1) is 0 Å². The average Bonchev–Trinajstić information content (AvgIpc) is 2.47. The predicted molar refractivity (Wildman–Crippen MR) is 77.4 cm³/mol. The number of hydrogen-bond donors (Lipinski definition) is 1. The van der Waals surface area contributed by atoms with E-state index in [4.69, 9.17) is 4.74 Å². The summed E-state index contributed by atoms with van der Waals surface area (Å²) in [4.78, 5) is 23.7. The van der Waals surface area contributed by atoms with Gasteiger partial charge in [0.2, 0.25) is 0 Å². The fraction of sp³-hybridized carbons (Fsp3) is 0.125. The summed E-state index contributed by atoms with van der Waals surface area (Å²) >= 11 is 0. The number of Topliss-reactive ketones (excluding diaryl/α,β-unsaturated/α-hetero) is 1. The number of amides is 1. The molecule has 2 aromatic carbocycles. The molecule has 0 radical (unpaired) electrons. The van der Waals surface area contributed by atoms with Crippen LogP contribution in [-0.4, -0.2) is 18.8 Å². The maximum Gasteiger partial charge on any atom is 0.255 e. The average molecular weight is 269 g/mol. The van der Waals surface area contributed by atoms with Gasteiger partial charge in [-0.2, -0.15) is 0 Å². The van der Waals surface area contributed by atoms with Crippen molar-refractivity contribution in [2.24, 2.45) is 0 Å². The van der Waals surface area contributed by atoms with Crippen molar-refractivity contribution >= 4 is 17.4 Å². The molecule has 0 unspecified atom stereocenters. The van der Waals surface area contributed by atoms with E-state index in [-0.39, 0.29) is 11.7 Å². The second kappa shape index (κ2) is 6.02. The van der Waals surface area contributed by atoms with E-state index in [0.717, 1.165) is 0 Å². The highest BCUT2D eigenvalue weighted by molar-refractivity contribution is 6.09. The van der Waals surface area contributed by atoms with Gasteiger partial charge in [0.05, 0.1) is 12.8 Å². The highest BCUT2D eigenvalue weighted by atomic mass is 16.5. The first-order chi connectivity index (χ1) is 9.61. The molecule has 0 spiro atoms. The molecule has 4 nitrogen and oxygen atoms in total. The Morgan fingerprint density at radius 3 is 2.50 bits per heavy atom. The van der Waals surface area contributed by atoms with Crippen LogP contribution in [0.1, 0.15) is 27.6 Å². The molecule has 2 aromatic rings. The van der Waals surface area contributed by atoms with Crippen molar-refractivity contribution in [3.63, 3.8) is 0 Å². The van der Waals surface area contributed by atoms with E-state index in [1.807, 2.05) is 0 Å². The minimum Gasteiger partial charge on any atom is -0.497 e.